The molecule has 0 unspecified atom stereocenters. The lowest BCUT2D eigenvalue weighted by Gasteiger charge is -2.27. The van der Waals surface area contributed by atoms with Gasteiger partial charge < -0.3 is 15.0 Å². The summed E-state index contributed by atoms with van der Waals surface area (Å²) in [6, 6.07) is 0.0249. The minimum Gasteiger partial charge on any atom is -0.368 e. The number of hydrogen-bond acceptors (Lipinski definition) is 5. The molecule has 0 aliphatic carbocycles. The van der Waals surface area contributed by atoms with E-state index in [1.807, 2.05) is 11.1 Å². The molecule has 0 saturated carbocycles. The highest BCUT2D eigenvalue weighted by Gasteiger charge is 2.37. The van der Waals surface area contributed by atoms with E-state index in [4.69, 9.17) is 9.72 Å². The molecule has 0 bridgehead atoms. The number of carbonyl (C=O) groups is 1. The molecule has 0 aromatic carbocycles. The third kappa shape index (κ3) is 2.50. The first kappa shape index (κ1) is 14.1. The number of nitrogens with zero attached hydrogens (tertiary/aromatic N) is 3. The number of carbonyl (C=O) groups excluding carboxylic acids is 1. The van der Waals surface area contributed by atoms with Crippen LogP contribution in [0.1, 0.15) is 48.8 Å². The summed E-state index contributed by atoms with van der Waals surface area (Å²) < 4.78 is 5.56. The largest absolute Gasteiger partial charge is 0.368 e. The van der Waals surface area contributed by atoms with Gasteiger partial charge in [-0.2, -0.15) is 0 Å². The Kier molecular flexibility index (Phi) is 3.80. The second kappa shape index (κ2) is 5.93. The number of likely N-dealkylation sites (tertiary alicyclic amines) is 1. The molecule has 1 aromatic rings. The molecule has 1 aromatic heterocycles. The van der Waals surface area contributed by atoms with Crippen molar-refractivity contribution >= 4 is 5.91 Å². The Balaban J connectivity index is 1.56. The Bertz CT molecular complexity index is 571. The number of amides is 1. The van der Waals surface area contributed by atoms with E-state index in [1.54, 1.807) is 0 Å². The van der Waals surface area contributed by atoms with Gasteiger partial charge in [0.25, 0.3) is 5.91 Å². The maximum atomic E-state index is 12.7. The van der Waals surface area contributed by atoms with E-state index in [2.05, 4.69) is 10.3 Å². The molecule has 2 fully saturated rings. The monoisotopic (exact) mass is 302 g/mol. The predicted molar refractivity (Wildman–Crippen MR) is 80.1 cm³/mol. The van der Waals surface area contributed by atoms with Crippen molar-refractivity contribution < 1.29 is 9.53 Å². The summed E-state index contributed by atoms with van der Waals surface area (Å²) in [7, 11) is 0. The van der Waals surface area contributed by atoms with Crippen molar-refractivity contribution in [2.75, 3.05) is 19.7 Å². The molecule has 3 aliphatic heterocycles. The van der Waals surface area contributed by atoms with Gasteiger partial charge in [-0.3, -0.25) is 4.79 Å². The summed E-state index contributed by atoms with van der Waals surface area (Å²) in [5, 5.41) is 3.33. The Morgan fingerprint density at radius 3 is 3.18 bits per heavy atom. The Morgan fingerprint density at radius 1 is 1.36 bits per heavy atom. The number of aromatic nitrogens is 2. The standard InChI is InChI=1S/C16H22N4O2/c21-16(14-4-2-8-22-14)20-7-1-3-13(20)15-18-10-11-9-17-6-5-12(11)19-15/h10,13-14,17H,1-9H2/t13-,14-/m0/s1. The highest BCUT2D eigenvalue weighted by atomic mass is 16.5. The van der Waals surface area contributed by atoms with Crippen molar-refractivity contribution in [2.24, 2.45) is 0 Å². The molecule has 4 heterocycles. The number of rotatable bonds is 2. The average Bonchev–Trinajstić information content (AvgIpc) is 3.25. The lowest BCUT2D eigenvalue weighted by atomic mass is 10.1. The molecule has 3 aliphatic rings. The molecule has 1 amide bonds. The molecule has 6 nitrogen and oxygen atoms in total. The number of nitrogens with one attached hydrogen (secondary N) is 1. The summed E-state index contributed by atoms with van der Waals surface area (Å²) in [5.41, 5.74) is 2.32. The molecule has 0 radical (unpaired) electrons. The van der Waals surface area contributed by atoms with Gasteiger partial charge in [-0.25, -0.2) is 9.97 Å². The Hall–Kier alpha value is -1.53. The topological polar surface area (TPSA) is 67.3 Å². The third-order valence-electron chi connectivity index (χ3n) is 4.87. The van der Waals surface area contributed by atoms with Crippen LogP contribution >= 0.6 is 0 Å². The average molecular weight is 302 g/mol. The zero-order valence-electron chi connectivity index (χ0n) is 12.8. The molecular weight excluding hydrogens is 280 g/mol. The molecule has 1 N–H and O–H groups in total. The van der Waals surface area contributed by atoms with Crippen LogP contribution in [0.4, 0.5) is 0 Å². The summed E-state index contributed by atoms with van der Waals surface area (Å²) in [6.45, 7) is 3.31. The molecular formula is C16H22N4O2. The Morgan fingerprint density at radius 2 is 2.32 bits per heavy atom. The van der Waals surface area contributed by atoms with E-state index >= 15 is 0 Å². The first-order chi connectivity index (χ1) is 10.8. The van der Waals surface area contributed by atoms with Gasteiger partial charge in [0.15, 0.2) is 5.82 Å². The molecule has 22 heavy (non-hydrogen) atoms. The lowest BCUT2D eigenvalue weighted by Crippen LogP contribution is -2.39. The van der Waals surface area contributed by atoms with Crippen LogP contribution in [0.3, 0.4) is 0 Å². The molecule has 4 rings (SSSR count). The highest BCUT2D eigenvalue weighted by molar-refractivity contribution is 5.81. The minimum atomic E-state index is -0.248. The zero-order valence-corrected chi connectivity index (χ0v) is 12.8. The van der Waals surface area contributed by atoms with Gasteiger partial charge in [0, 0.05) is 50.1 Å². The zero-order chi connectivity index (χ0) is 14.9. The van der Waals surface area contributed by atoms with E-state index in [-0.39, 0.29) is 18.1 Å². The van der Waals surface area contributed by atoms with Crippen molar-refractivity contribution in [3.63, 3.8) is 0 Å². The van der Waals surface area contributed by atoms with Crippen LogP contribution < -0.4 is 5.32 Å². The maximum absolute atomic E-state index is 12.7. The fraction of sp³-hybridized carbons (Fsp3) is 0.688. The maximum Gasteiger partial charge on any atom is 0.252 e. The van der Waals surface area contributed by atoms with E-state index in [9.17, 15) is 4.79 Å². The number of hydrogen-bond donors (Lipinski definition) is 1. The van der Waals surface area contributed by atoms with E-state index in [0.29, 0.717) is 6.61 Å². The van der Waals surface area contributed by atoms with Crippen LogP contribution in [-0.4, -0.2) is 46.6 Å². The van der Waals surface area contributed by atoms with Crippen LogP contribution in [0.25, 0.3) is 0 Å². The van der Waals surface area contributed by atoms with Crippen molar-refractivity contribution in [3.05, 3.63) is 23.3 Å². The molecule has 2 atom stereocenters. The Labute approximate surface area is 130 Å². The molecule has 2 saturated heterocycles. The van der Waals surface area contributed by atoms with E-state index < -0.39 is 0 Å². The fourth-order valence-electron chi connectivity index (χ4n) is 3.67. The van der Waals surface area contributed by atoms with Crippen molar-refractivity contribution in [1.82, 2.24) is 20.2 Å². The van der Waals surface area contributed by atoms with Crippen molar-refractivity contribution in [3.8, 4) is 0 Å². The van der Waals surface area contributed by atoms with Crippen LogP contribution in [0.2, 0.25) is 0 Å². The third-order valence-corrected chi connectivity index (χ3v) is 4.87. The van der Waals surface area contributed by atoms with E-state index in [1.165, 1.54) is 5.56 Å². The van der Waals surface area contributed by atoms with Crippen LogP contribution in [0.15, 0.2) is 6.20 Å². The van der Waals surface area contributed by atoms with Gasteiger partial charge in [-0.15, -0.1) is 0 Å². The summed E-state index contributed by atoms with van der Waals surface area (Å²) in [6.07, 6.45) is 6.42. The smallest absolute Gasteiger partial charge is 0.252 e. The summed E-state index contributed by atoms with van der Waals surface area (Å²) in [4.78, 5) is 23.9. The van der Waals surface area contributed by atoms with Gasteiger partial charge in [0.05, 0.1) is 6.04 Å². The SMILES string of the molecule is O=C([C@@H]1CCCO1)N1CCC[C@H]1c1ncc2c(n1)CCNC2. The summed E-state index contributed by atoms with van der Waals surface area (Å²) in [5.74, 6) is 0.937. The molecule has 0 spiro atoms. The second-order valence-electron chi connectivity index (χ2n) is 6.32. The van der Waals surface area contributed by atoms with Crippen LogP contribution in [-0.2, 0) is 22.5 Å². The highest BCUT2D eigenvalue weighted by Crippen LogP contribution is 2.32. The van der Waals surface area contributed by atoms with Gasteiger partial charge >= 0.3 is 0 Å². The lowest BCUT2D eigenvalue weighted by molar-refractivity contribution is -0.142. The fourth-order valence-corrected chi connectivity index (χ4v) is 3.67. The van der Waals surface area contributed by atoms with Gasteiger partial charge in [-0.05, 0) is 25.7 Å². The van der Waals surface area contributed by atoms with Crippen molar-refractivity contribution in [1.29, 1.82) is 0 Å². The number of fused-ring (bicyclic) bond motifs is 1. The summed E-state index contributed by atoms with van der Waals surface area (Å²) >= 11 is 0. The van der Waals surface area contributed by atoms with E-state index in [0.717, 1.165) is 63.3 Å². The van der Waals surface area contributed by atoms with Crippen LogP contribution in [0, 0.1) is 0 Å². The van der Waals surface area contributed by atoms with Gasteiger partial charge in [-0.1, -0.05) is 0 Å². The first-order valence-electron chi connectivity index (χ1n) is 8.30. The molecule has 118 valence electrons. The quantitative estimate of drug-likeness (QED) is 0.881. The van der Waals surface area contributed by atoms with Crippen LogP contribution in [0.5, 0.6) is 0 Å². The van der Waals surface area contributed by atoms with Crippen molar-refractivity contribution in [2.45, 2.75) is 50.8 Å². The predicted octanol–water partition coefficient (Wildman–Crippen LogP) is 0.965. The first-order valence-corrected chi connectivity index (χ1v) is 8.30. The molecule has 6 heteroatoms. The number of ether oxygens (including phenoxy) is 1. The van der Waals surface area contributed by atoms with Gasteiger partial charge in [0.2, 0.25) is 0 Å². The normalized spacial score (nSPS) is 27.9. The van der Waals surface area contributed by atoms with Gasteiger partial charge in [0.1, 0.15) is 6.10 Å². The second-order valence-corrected chi connectivity index (χ2v) is 6.32. The minimum absolute atomic E-state index is 0.0249.